The Morgan fingerprint density at radius 3 is 2.85 bits per heavy atom. The molecule has 0 unspecified atom stereocenters. The molecule has 0 aliphatic heterocycles. The summed E-state index contributed by atoms with van der Waals surface area (Å²) in [4.78, 5) is 16.3. The molecule has 100 valence electrons. The van der Waals surface area contributed by atoms with Crippen molar-refractivity contribution in [1.29, 1.82) is 0 Å². The highest BCUT2D eigenvalue weighted by atomic mass is 16.1. The number of hydrogen-bond donors (Lipinski definition) is 1. The van der Waals surface area contributed by atoms with E-state index in [-0.39, 0.29) is 5.91 Å². The van der Waals surface area contributed by atoms with Crippen molar-refractivity contribution in [3.63, 3.8) is 0 Å². The molecule has 0 bridgehead atoms. The lowest BCUT2D eigenvalue weighted by atomic mass is 10.2. The van der Waals surface area contributed by atoms with Gasteiger partial charge in [-0.3, -0.25) is 9.78 Å². The van der Waals surface area contributed by atoms with Gasteiger partial charge in [-0.05, 0) is 37.3 Å². The fourth-order valence-electron chi connectivity index (χ4n) is 2.32. The van der Waals surface area contributed by atoms with Crippen LogP contribution in [0.15, 0.2) is 48.8 Å². The van der Waals surface area contributed by atoms with Gasteiger partial charge >= 0.3 is 0 Å². The molecule has 0 spiro atoms. The second-order valence-corrected chi connectivity index (χ2v) is 4.85. The topological polar surface area (TPSA) is 46.9 Å². The molecule has 4 nitrogen and oxygen atoms in total. The lowest BCUT2D eigenvalue weighted by molar-refractivity contribution is 0.101. The van der Waals surface area contributed by atoms with Crippen LogP contribution in [-0.4, -0.2) is 15.5 Å². The maximum Gasteiger partial charge on any atom is 0.272 e. The molecule has 1 amide bonds. The van der Waals surface area contributed by atoms with E-state index < -0.39 is 0 Å². The van der Waals surface area contributed by atoms with Crippen molar-refractivity contribution in [2.24, 2.45) is 7.05 Å². The minimum atomic E-state index is -0.130. The minimum Gasteiger partial charge on any atom is -0.340 e. The Kier molecular flexibility index (Phi) is 2.99. The van der Waals surface area contributed by atoms with E-state index in [0.717, 1.165) is 10.9 Å². The van der Waals surface area contributed by atoms with E-state index >= 15 is 0 Å². The van der Waals surface area contributed by atoms with Crippen molar-refractivity contribution in [3.8, 4) is 0 Å². The van der Waals surface area contributed by atoms with Gasteiger partial charge in [0, 0.05) is 24.1 Å². The van der Waals surface area contributed by atoms with Gasteiger partial charge in [-0.1, -0.05) is 11.6 Å². The molecule has 20 heavy (non-hydrogen) atoms. The van der Waals surface area contributed by atoms with Crippen LogP contribution in [0.3, 0.4) is 0 Å². The van der Waals surface area contributed by atoms with Gasteiger partial charge in [0.2, 0.25) is 0 Å². The summed E-state index contributed by atoms with van der Waals surface area (Å²) in [5.41, 5.74) is 3.56. The fraction of sp³-hybridized carbons (Fsp3) is 0.125. The molecular weight excluding hydrogens is 250 g/mol. The highest BCUT2D eigenvalue weighted by Crippen LogP contribution is 2.20. The number of carbonyl (C=O) groups is 1. The Hall–Kier alpha value is -2.62. The molecule has 0 saturated carbocycles. The van der Waals surface area contributed by atoms with Crippen molar-refractivity contribution in [2.75, 3.05) is 5.32 Å². The molecule has 1 N–H and O–H groups in total. The number of rotatable bonds is 2. The number of nitrogens with one attached hydrogen (secondary N) is 1. The minimum absolute atomic E-state index is 0.130. The van der Waals surface area contributed by atoms with Gasteiger partial charge in [0.1, 0.15) is 5.69 Å². The summed E-state index contributed by atoms with van der Waals surface area (Å²) in [6, 6.07) is 11.7. The molecule has 0 aliphatic rings. The Labute approximate surface area is 117 Å². The highest BCUT2D eigenvalue weighted by molar-refractivity contribution is 6.06. The number of pyridine rings is 1. The van der Waals surface area contributed by atoms with Gasteiger partial charge in [0.15, 0.2) is 0 Å². The second-order valence-electron chi connectivity index (χ2n) is 4.85. The maximum atomic E-state index is 12.3. The lowest BCUT2D eigenvalue weighted by Crippen LogP contribution is -2.15. The zero-order valence-electron chi connectivity index (χ0n) is 11.4. The molecule has 1 aromatic carbocycles. The number of anilines is 1. The zero-order chi connectivity index (χ0) is 14.1. The predicted molar refractivity (Wildman–Crippen MR) is 79.8 cm³/mol. The van der Waals surface area contributed by atoms with Crippen molar-refractivity contribution >= 4 is 22.5 Å². The first kappa shape index (κ1) is 12.4. The molecule has 2 aromatic heterocycles. The average molecular weight is 265 g/mol. The van der Waals surface area contributed by atoms with Crippen LogP contribution in [0, 0.1) is 6.92 Å². The van der Waals surface area contributed by atoms with Crippen LogP contribution >= 0.6 is 0 Å². The van der Waals surface area contributed by atoms with Crippen LogP contribution in [-0.2, 0) is 7.05 Å². The number of hydrogen-bond acceptors (Lipinski definition) is 2. The van der Waals surface area contributed by atoms with Gasteiger partial charge in [-0.25, -0.2) is 0 Å². The quantitative estimate of drug-likeness (QED) is 0.773. The van der Waals surface area contributed by atoms with Crippen LogP contribution in [0.5, 0.6) is 0 Å². The van der Waals surface area contributed by atoms with E-state index in [1.165, 1.54) is 5.56 Å². The molecule has 3 aromatic rings. The fourth-order valence-corrected chi connectivity index (χ4v) is 2.32. The zero-order valence-corrected chi connectivity index (χ0v) is 11.4. The third kappa shape index (κ3) is 2.16. The van der Waals surface area contributed by atoms with Crippen LogP contribution in [0.2, 0.25) is 0 Å². The number of nitrogens with zero attached hydrogens (tertiary/aromatic N) is 2. The van der Waals surface area contributed by atoms with Crippen LogP contribution in [0.1, 0.15) is 16.1 Å². The standard InChI is InChI=1S/C16H15N3O/c1-11-5-6-14-12(8-11)9-15(19(14)2)16(20)18-13-4-3-7-17-10-13/h3-10H,1-2H3,(H,18,20). The number of fused-ring (bicyclic) bond motifs is 1. The van der Waals surface area contributed by atoms with Crippen molar-refractivity contribution in [3.05, 3.63) is 60.0 Å². The number of benzene rings is 1. The first-order valence-corrected chi connectivity index (χ1v) is 6.42. The monoisotopic (exact) mass is 265 g/mol. The van der Waals surface area contributed by atoms with E-state index in [9.17, 15) is 4.79 Å². The van der Waals surface area contributed by atoms with Gasteiger partial charge in [0.05, 0.1) is 11.9 Å². The van der Waals surface area contributed by atoms with Gasteiger partial charge in [0.25, 0.3) is 5.91 Å². The first-order chi connectivity index (χ1) is 9.65. The summed E-state index contributed by atoms with van der Waals surface area (Å²) < 4.78 is 1.90. The lowest BCUT2D eigenvalue weighted by Gasteiger charge is -2.05. The van der Waals surface area contributed by atoms with Gasteiger partial charge in [-0.2, -0.15) is 0 Å². The summed E-state index contributed by atoms with van der Waals surface area (Å²) in [5.74, 6) is -0.130. The predicted octanol–water partition coefficient (Wildman–Crippen LogP) is 3.13. The van der Waals surface area contributed by atoms with E-state index in [2.05, 4.69) is 16.4 Å². The molecule has 2 heterocycles. The van der Waals surface area contributed by atoms with Crippen LogP contribution in [0.4, 0.5) is 5.69 Å². The molecule has 0 saturated heterocycles. The number of carbonyl (C=O) groups excluding carboxylic acids is 1. The van der Waals surface area contributed by atoms with Crippen molar-refractivity contribution in [1.82, 2.24) is 9.55 Å². The third-order valence-electron chi connectivity index (χ3n) is 3.35. The Balaban J connectivity index is 1.97. The van der Waals surface area contributed by atoms with Gasteiger partial charge in [-0.15, -0.1) is 0 Å². The molecule has 3 rings (SSSR count). The maximum absolute atomic E-state index is 12.3. The van der Waals surface area contributed by atoms with Gasteiger partial charge < -0.3 is 9.88 Å². The number of amides is 1. The molecular formula is C16H15N3O. The van der Waals surface area contributed by atoms with Crippen molar-refractivity contribution in [2.45, 2.75) is 6.92 Å². The Bertz CT molecular complexity index is 775. The SMILES string of the molecule is Cc1ccc2c(c1)cc(C(=O)Nc1cccnc1)n2C. The molecule has 0 radical (unpaired) electrons. The summed E-state index contributed by atoms with van der Waals surface area (Å²) >= 11 is 0. The van der Waals surface area contributed by atoms with Crippen molar-refractivity contribution < 1.29 is 4.79 Å². The number of aromatic nitrogens is 2. The van der Waals surface area contributed by atoms with E-state index in [0.29, 0.717) is 11.4 Å². The second kappa shape index (κ2) is 4.81. The Morgan fingerprint density at radius 1 is 1.25 bits per heavy atom. The molecule has 0 aliphatic carbocycles. The summed E-state index contributed by atoms with van der Waals surface area (Å²) in [6.07, 6.45) is 3.31. The summed E-state index contributed by atoms with van der Waals surface area (Å²) in [6.45, 7) is 2.04. The molecule has 0 atom stereocenters. The average Bonchev–Trinajstić information content (AvgIpc) is 2.76. The van der Waals surface area contributed by atoms with E-state index in [4.69, 9.17) is 0 Å². The largest absolute Gasteiger partial charge is 0.340 e. The summed E-state index contributed by atoms with van der Waals surface area (Å²) in [5, 5.41) is 3.93. The molecule has 4 heteroatoms. The van der Waals surface area contributed by atoms with E-state index in [1.807, 2.05) is 42.8 Å². The normalized spacial score (nSPS) is 10.7. The number of aryl methyl sites for hydroxylation is 2. The summed E-state index contributed by atoms with van der Waals surface area (Å²) in [7, 11) is 1.90. The Morgan fingerprint density at radius 2 is 2.10 bits per heavy atom. The third-order valence-corrected chi connectivity index (χ3v) is 3.35. The molecule has 0 fully saturated rings. The van der Waals surface area contributed by atoms with Crippen LogP contribution in [0.25, 0.3) is 10.9 Å². The van der Waals surface area contributed by atoms with E-state index in [1.54, 1.807) is 18.5 Å². The van der Waals surface area contributed by atoms with Crippen LogP contribution < -0.4 is 5.32 Å². The smallest absolute Gasteiger partial charge is 0.272 e. The highest BCUT2D eigenvalue weighted by Gasteiger charge is 2.13. The first-order valence-electron chi connectivity index (χ1n) is 6.42.